The second-order valence-corrected chi connectivity index (χ2v) is 4.65. The molecule has 0 fully saturated rings. The van der Waals surface area contributed by atoms with Gasteiger partial charge in [0, 0.05) is 4.47 Å². The van der Waals surface area contributed by atoms with Crippen molar-refractivity contribution in [2.45, 2.75) is 13.5 Å². The molecule has 2 rings (SSSR count). The minimum atomic E-state index is -0.556. The van der Waals surface area contributed by atoms with Gasteiger partial charge in [-0.05, 0) is 35.0 Å². The number of Topliss-reactive ketones (excluding diaryl/α,β-unsaturated/α-hetero) is 1. The molecule has 1 aromatic carbocycles. The summed E-state index contributed by atoms with van der Waals surface area (Å²) in [6.45, 7) is 1.40. The molecule has 0 aliphatic carbocycles. The fraction of sp³-hybridized carbons (Fsp3) is 0.200. The Morgan fingerprint density at radius 1 is 1.56 bits per heavy atom. The zero-order valence-corrected chi connectivity index (χ0v) is 10.6. The second-order valence-electron chi connectivity index (χ2n) is 3.39. The molecule has 0 saturated carbocycles. The molecular weight excluding hydrogens is 297 g/mol. The summed E-state index contributed by atoms with van der Waals surface area (Å²) in [5.41, 5.74) is 0.927. The van der Waals surface area contributed by atoms with Crippen LogP contribution in [0.4, 0.5) is 0 Å². The van der Waals surface area contributed by atoms with Crippen LogP contribution in [-0.2, 0) is 11.3 Å². The molecule has 6 heteroatoms. The van der Waals surface area contributed by atoms with E-state index in [0.717, 1.165) is 0 Å². The standard InChI is InChI=1S/C10H7BrClNO3/c1-5(14)4-13-8-3-7(12)6(11)2-9(8)16-10(13)15/h2-3H,4H2,1H3. The Kier molecular flexibility index (Phi) is 2.90. The highest BCUT2D eigenvalue weighted by Crippen LogP contribution is 2.27. The van der Waals surface area contributed by atoms with Crippen LogP contribution >= 0.6 is 27.5 Å². The lowest BCUT2D eigenvalue weighted by Crippen LogP contribution is -2.18. The molecule has 4 nitrogen and oxygen atoms in total. The van der Waals surface area contributed by atoms with E-state index in [1.54, 1.807) is 12.1 Å². The number of nitrogens with zero attached hydrogens (tertiary/aromatic N) is 1. The first kappa shape index (κ1) is 11.4. The van der Waals surface area contributed by atoms with Crippen molar-refractivity contribution >= 4 is 44.4 Å². The number of carbonyl (C=O) groups excluding carboxylic acids is 1. The number of carbonyl (C=O) groups is 1. The van der Waals surface area contributed by atoms with E-state index in [-0.39, 0.29) is 12.3 Å². The number of benzene rings is 1. The molecule has 1 heterocycles. The van der Waals surface area contributed by atoms with Crippen molar-refractivity contribution in [3.05, 3.63) is 32.2 Å². The average molecular weight is 305 g/mol. The van der Waals surface area contributed by atoms with E-state index in [9.17, 15) is 9.59 Å². The van der Waals surface area contributed by atoms with Crippen molar-refractivity contribution in [2.24, 2.45) is 0 Å². The third-order valence-electron chi connectivity index (χ3n) is 2.09. The van der Waals surface area contributed by atoms with E-state index in [4.69, 9.17) is 16.0 Å². The van der Waals surface area contributed by atoms with E-state index in [1.165, 1.54) is 11.5 Å². The van der Waals surface area contributed by atoms with Crippen molar-refractivity contribution in [1.82, 2.24) is 4.57 Å². The zero-order valence-electron chi connectivity index (χ0n) is 8.29. The lowest BCUT2D eigenvalue weighted by atomic mass is 10.3. The van der Waals surface area contributed by atoms with E-state index in [0.29, 0.717) is 20.6 Å². The van der Waals surface area contributed by atoms with E-state index in [1.807, 2.05) is 0 Å². The van der Waals surface area contributed by atoms with Crippen LogP contribution in [-0.4, -0.2) is 10.4 Å². The normalized spacial score (nSPS) is 10.9. The van der Waals surface area contributed by atoms with Gasteiger partial charge in [0.05, 0.1) is 17.1 Å². The van der Waals surface area contributed by atoms with Gasteiger partial charge in [-0.3, -0.25) is 9.36 Å². The number of halogens is 2. The number of hydrogen-bond donors (Lipinski definition) is 0. The highest BCUT2D eigenvalue weighted by Gasteiger charge is 2.12. The van der Waals surface area contributed by atoms with Crippen LogP contribution in [0.15, 0.2) is 25.8 Å². The SMILES string of the molecule is CC(=O)Cn1c(=O)oc2cc(Br)c(Cl)cc21. The van der Waals surface area contributed by atoms with Gasteiger partial charge in [0.15, 0.2) is 5.58 Å². The number of aromatic nitrogens is 1. The highest BCUT2D eigenvalue weighted by molar-refractivity contribution is 9.10. The van der Waals surface area contributed by atoms with Crippen LogP contribution in [0.3, 0.4) is 0 Å². The number of rotatable bonds is 2. The van der Waals surface area contributed by atoms with Gasteiger partial charge in [0.25, 0.3) is 0 Å². The zero-order chi connectivity index (χ0) is 11.9. The monoisotopic (exact) mass is 303 g/mol. The number of hydrogen-bond acceptors (Lipinski definition) is 3. The van der Waals surface area contributed by atoms with Crippen molar-refractivity contribution in [1.29, 1.82) is 0 Å². The first-order valence-corrected chi connectivity index (χ1v) is 5.64. The van der Waals surface area contributed by atoms with Gasteiger partial charge in [-0.25, -0.2) is 4.79 Å². The van der Waals surface area contributed by atoms with Crippen molar-refractivity contribution in [3.8, 4) is 0 Å². The summed E-state index contributed by atoms with van der Waals surface area (Å²) in [5, 5.41) is 0.464. The minimum Gasteiger partial charge on any atom is -0.408 e. The smallest absolute Gasteiger partial charge is 0.408 e. The Balaban J connectivity index is 2.74. The lowest BCUT2D eigenvalue weighted by Gasteiger charge is -1.99. The van der Waals surface area contributed by atoms with Gasteiger partial charge in [0.2, 0.25) is 0 Å². The molecule has 0 amide bonds. The Bertz CT molecular complexity index is 629. The molecule has 1 aromatic heterocycles. The fourth-order valence-corrected chi connectivity index (χ4v) is 1.91. The van der Waals surface area contributed by atoms with Gasteiger partial charge in [-0.15, -0.1) is 0 Å². The largest absolute Gasteiger partial charge is 0.420 e. The summed E-state index contributed by atoms with van der Waals surface area (Å²) in [4.78, 5) is 22.5. The third-order valence-corrected chi connectivity index (χ3v) is 3.29. The van der Waals surface area contributed by atoms with Gasteiger partial charge < -0.3 is 4.42 Å². The van der Waals surface area contributed by atoms with Crippen LogP contribution in [0.2, 0.25) is 5.02 Å². The molecule has 84 valence electrons. The van der Waals surface area contributed by atoms with Crippen LogP contribution < -0.4 is 5.76 Å². The second kappa shape index (κ2) is 4.07. The van der Waals surface area contributed by atoms with Gasteiger partial charge >= 0.3 is 5.76 Å². The molecule has 0 bridgehead atoms. The first-order valence-electron chi connectivity index (χ1n) is 4.47. The topological polar surface area (TPSA) is 52.2 Å². The summed E-state index contributed by atoms with van der Waals surface area (Å²) in [5.74, 6) is -0.678. The van der Waals surface area contributed by atoms with Crippen molar-refractivity contribution < 1.29 is 9.21 Å². The molecule has 0 spiro atoms. The fourth-order valence-electron chi connectivity index (χ4n) is 1.43. The quantitative estimate of drug-likeness (QED) is 0.857. The molecule has 0 aliphatic rings. The Morgan fingerprint density at radius 2 is 2.25 bits per heavy atom. The summed E-state index contributed by atoms with van der Waals surface area (Å²) in [6, 6.07) is 3.20. The van der Waals surface area contributed by atoms with Gasteiger partial charge in [-0.1, -0.05) is 11.6 Å². The molecule has 16 heavy (non-hydrogen) atoms. The summed E-state index contributed by atoms with van der Waals surface area (Å²) < 4.78 is 6.91. The van der Waals surface area contributed by atoms with Gasteiger partial charge in [0.1, 0.15) is 5.78 Å². The van der Waals surface area contributed by atoms with Crippen molar-refractivity contribution in [3.63, 3.8) is 0 Å². The van der Waals surface area contributed by atoms with Gasteiger partial charge in [-0.2, -0.15) is 0 Å². The summed E-state index contributed by atoms with van der Waals surface area (Å²) in [6.07, 6.45) is 0. The Morgan fingerprint density at radius 3 is 2.88 bits per heavy atom. The molecule has 0 N–H and O–H groups in total. The first-order chi connectivity index (χ1) is 7.49. The van der Waals surface area contributed by atoms with E-state index in [2.05, 4.69) is 15.9 Å². The highest BCUT2D eigenvalue weighted by atomic mass is 79.9. The average Bonchev–Trinajstić information content (AvgIpc) is 2.45. The van der Waals surface area contributed by atoms with E-state index < -0.39 is 5.76 Å². The van der Waals surface area contributed by atoms with E-state index >= 15 is 0 Å². The molecule has 0 unspecified atom stereocenters. The number of oxazole rings is 1. The lowest BCUT2D eigenvalue weighted by molar-refractivity contribution is -0.117. The summed E-state index contributed by atoms with van der Waals surface area (Å²) in [7, 11) is 0. The molecule has 0 atom stereocenters. The third kappa shape index (κ3) is 1.92. The Labute approximate surface area is 104 Å². The molecule has 0 radical (unpaired) electrons. The maximum absolute atomic E-state index is 11.5. The molecule has 0 saturated heterocycles. The number of ketones is 1. The maximum Gasteiger partial charge on any atom is 0.420 e. The van der Waals surface area contributed by atoms with Crippen LogP contribution in [0.5, 0.6) is 0 Å². The molecule has 0 aliphatic heterocycles. The maximum atomic E-state index is 11.5. The van der Waals surface area contributed by atoms with Crippen LogP contribution in [0, 0.1) is 0 Å². The predicted molar refractivity (Wildman–Crippen MR) is 63.9 cm³/mol. The summed E-state index contributed by atoms with van der Waals surface area (Å²) >= 11 is 9.15. The van der Waals surface area contributed by atoms with Crippen LogP contribution in [0.1, 0.15) is 6.92 Å². The minimum absolute atomic E-state index is 0.0101. The molecular formula is C10H7BrClNO3. The number of fused-ring (bicyclic) bond motifs is 1. The van der Waals surface area contributed by atoms with Crippen LogP contribution in [0.25, 0.3) is 11.1 Å². The van der Waals surface area contributed by atoms with Crippen molar-refractivity contribution in [2.75, 3.05) is 0 Å². The Hall–Kier alpha value is -1.07. The molecule has 2 aromatic rings. The predicted octanol–water partition coefficient (Wildman–Crippen LogP) is 2.60.